The fourth-order valence-corrected chi connectivity index (χ4v) is 4.15. The highest BCUT2D eigenvalue weighted by Crippen LogP contribution is 2.32. The quantitative estimate of drug-likeness (QED) is 0.243. The standard InChI is InChI=1S/C27H25ClFN7O2/c1-36-9-8-30-27(36)35-33-14-18-11-21-23(13-25(18)37-2)31-16-32-26(21)34-20-6-7-24(22(28)12-20)38-15-17-4-3-5-19(29)10-17/h3-7,10-14,16H,8-9,15H2,1-2H3,(H,30,35)(H,31,32,34)/b33-14+. The number of halogens is 2. The first-order valence-electron chi connectivity index (χ1n) is 11.8. The third-order valence-electron chi connectivity index (χ3n) is 5.89. The largest absolute Gasteiger partial charge is 0.496 e. The van der Waals surface area contributed by atoms with Crippen LogP contribution in [0.25, 0.3) is 10.9 Å². The van der Waals surface area contributed by atoms with E-state index in [2.05, 4.69) is 30.8 Å². The number of hydrogen-bond acceptors (Lipinski definition) is 9. The van der Waals surface area contributed by atoms with Crippen LogP contribution in [0.15, 0.2) is 71.0 Å². The molecule has 194 valence electrons. The van der Waals surface area contributed by atoms with E-state index < -0.39 is 0 Å². The summed E-state index contributed by atoms with van der Waals surface area (Å²) in [6.07, 6.45) is 3.15. The second kappa shape index (κ2) is 11.3. The van der Waals surface area contributed by atoms with Gasteiger partial charge in [0.05, 0.1) is 30.4 Å². The predicted octanol–water partition coefficient (Wildman–Crippen LogP) is 4.98. The van der Waals surface area contributed by atoms with Crippen molar-refractivity contribution in [1.82, 2.24) is 20.3 Å². The third kappa shape index (κ3) is 5.76. The molecule has 0 bridgehead atoms. The fourth-order valence-electron chi connectivity index (χ4n) is 3.91. The van der Waals surface area contributed by atoms with Crippen molar-refractivity contribution in [2.45, 2.75) is 6.61 Å². The number of aromatic nitrogens is 2. The molecule has 1 aliphatic heterocycles. The van der Waals surface area contributed by atoms with Crippen molar-refractivity contribution in [3.63, 3.8) is 0 Å². The van der Waals surface area contributed by atoms with E-state index >= 15 is 0 Å². The molecule has 5 rings (SSSR count). The number of benzene rings is 3. The number of hydrazone groups is 1. The fraction of sp³-hybridized carbons (Fsp3) is 0.185. The summed E-state index contributed by atoms with van der Waals surface area (Å²) in [6, 6.07) is 15.3. The van der Waals surface area contributed by atoms with E-state index in [0.29, 0.717) is 45.1 Å². The number of ether oxygens (including phenoxy) is 2. The van der Waals surface area contributed by atoms with Crippen molar-refractivity contribution >= 4 is 46.2 Å². The van der Waals surface area contributed by atoms with Crippen LogP contribution in [0.2, 0.25) is 5.02 Å². The van der Waals surface area contributed by atoms with Crippen LogP contribution in [-0.2, 0) is 6.61 Å². The molecule has 0 saturated heterocycles. The van der Waals surface area contributed by atoms with E-state index in [1.54, 1.807) is 37.6 Å². The van der Waals surface area contributed by atoms with Crippen LogP contribution in [0.4, 0.5) is 15.9 Å². The number of guanidine groups is 1. The molecule has 0 spiro atoms. The summed E-state index contributed by atoms with van der Waals surface area (Å²) in [6.45, 7) is 1.79. The van der Waals surface area contributed by atoms with Gasteiger partial charge in [-0.05, 0) is 42.0 Å². The van der Waals surface area contributed by atoms with E-state index in [1.807, 2.05) is 30.1 Å². The van der Waals surface area contributed by atoms with Crippen LogP contribution in [0.5, 0.6) is 11.5 Å². The predicted molar refractivity (Wildman–Crippen MR) is 147 cm³/mol. The average Bonchev–Trinajstić information content (AvgIpc) is 3.32. The van der Waals surface area contributed by atoms with Crippen molar-refractivity contribution in [2.75, 3.05) is 32.6 Å². The van der Waals surface area contributed by atoms with Crippen molar-refractivity contribution in [3.8, 4) is 11.5 Å². The van der Waals surface area contributed by atoms with Gasteiger partial charge in [0.25, 0.3) is 0 Å². The van der Waals surface area contributed by atoms with Crippen LogP contribution < -0.4 is 20.2 Å². The van der Waals surface area contributed by atoms with Gasteiger partial charge >= 0.3 is 0 Å². The van der Waals surface area contributed by atoms with Crippen LogP contribution >= 0.6 is 11.6 Å². The Kier molecular flexibility index (Phi) is 7.50. The summed E-state index contributed by atoms with van der Waals surface area (Å²) in [5, 5.41) is 8.81. The lowest BCUT2D eigenvalue weighted by Gasteiger charge is -2.13. The first-order valence-corrected chi connectivity index (χ1v) is 12.2. The van der Waals surface area contributed by atoms with Gasteiger partial charge in [-0.25, -0.2) is 24.8 Å². The number of hydrogen-bond donors (Lipinski definition) is 2. The molecule has 0 unspecified atom stereocenters. The number of rotatable bonds is 8. The Morgan fingerprint density at radius 3 is 2.79 bits per heavy atom. The van der Waals surface area contributed by atoms with Crippen molar-refractivity contribution < 1.29 is 13.9 Å². The topological polar surface area (TPSA) is 96.3 Å². The number of nitrogens with zero attached hydrogens (tertiary/aromatic N) is 5. The summed E-state index contributed by atoms with van der Waals surface area (Å²) >= 11 is 6.47. The third-order valence-corrected chi connectivity index (χ3v) is 6.19. The van der Waals surface area contributed by atoms with Gasteiger partial charge in [0.15, 0.2) is 0 Å². The molecule has 2 N–H and O–H groups in total. The van der Waals surface area contributed by atoms with Gasteiger partial charge in [0.2, 0.25) is 5.96 Å². The summed E-state index contributed by atoms with van der Waals surface area (Å²) in [5.74, 6) is 2.10. The minimum Gasteiger partial charge on any atom is -0.496 e. The lowest BCUT2D eigenvalue weighted by Crippen LogP contribution is -2.32. The van der Waals surface area contributed by atoms with E-state index in [-0.39, 0.29) is 12.4 Å². The Morgan fingerprint density at radius 1 is 1.13 bits per heavy atom. The number of likely N-dealkylation sites (N-methyl/N-ethyl adjacent to an activating group) is 1. The molecule has 0 amide bonds. The molecule has 9 nitrogen and oxygen atoms in total. The zero-order chi connectivity index (χ0) is 26.5. The SMILES string of the molecule is COc1cc2ncnc(Nc3ccc(OCc4cccc(F)c4)c(Cl)c3)c2cc1/C=N/NC1=NCCN1C. The maximum Gasteiger partial charge on any atom is 0.214 e. The van der Waals surface area contributed by atoms with E-state index in [4.69, 9.17) is 21.1 Å². The molecule has 0 fully saturated rings. The number of methoxy groups -OCH3 is 1. The molecule has 11 heteroatoms. The molecule has 3 aromatic carbocycles. The van der Waals surface area contributed by atoms with Crippen LogP contribution in [0, 0.1) is 5.82 Å². The Hall–Kier alpha value is -4.44. The van der Waals surface area contributed by atoms with E-state index in [1.165, 1.54) is 18.5 Å². The van der Waals surface area contributed by atoms with Crippen LogP contribution in [0.1, 0.15) is 11.1 Å². The minimum absolute atomic E-state index is 0.200. The number of aliphatic imine (C=N–C) groups is 1. The molecule has 0 radical (unpaired) electrons. The maximum atomic E-state index is 13.4. The van der Waals surface area contributed by atoms with Gasteiger partial charge in [-0.3, -0.25) is 0 Å². The second-order valence-electron chi connectivity index (χ2n) is 8.52. The molecule has 0 saturated carbocycles. The smallest absolute Gasteiger partial charge is 0.214 e. The van der Waals surface area contributed by atoms with Gasteiger partial charge in [0.1, 0.15) is 36.1 Å². The zero-order valence-corrected chi connectivity index (χ0v) is 21.5. The maximum absolute atomic E-state index is 13.4. The lowest BCUT2D eigenvalue weighted by atomic mass is 10.1. The summed E-state index contributed by atoms with van der Waals surface area (Å²) in [4.78, 5) is 15.2. The molecule has 1 aliphatic rings. The average molecular weight is 534 g/mol. The highest BCUT2D eigenvalue weighted by Gasteiger charge is 2.13. The van der Waals surface area contributed by atoms with Gasteiger partial charge in [-0.2, -0.15) is 5.10 Å². The second-order valence-corrected chi connectivity index (χ2v) is 8.93. The Balaban J connectivity index is 1.35. The Labute approximate surface area is 224 Å². The van der Waals surface area contributed by atoms with Gasteiger partial charge in [0, 0.05) is 36.3 Å². The molecular weight excluding hydrogens is 509 g/mol. The number of nitrogens with one attached hydrogen (secondary N) is 2. The number of fused-ring (bicyclic) bond motifs is 1. The molecule has 0 atom stereocenters. The van der Waals surface area contributed by atoms with E-state index in [0.717, 1.165) is 24.0 Å². The molecule has 0 aliphatic carbocycles. The van der Waals surface area contributed by atoms with E-state index in [9.17, 15) is 4.39 Å². The molecule has 38 heavy (non-hydrogen) atoms. The Morgan fingerprint density at radius 2 is 2.03 bits per heavy atom. The zero-order valence-electron chi connectivity index (χ0n) is 20.8. The monoisotopic (exact) mass is 533 g/mol. The normalized spacial score (nSPS) is 13.2. The van der Waals surface area contributed by atoms with Crippen molar-refractivity contribution in [3.05, 3.63) is 82.9 Å². The summed E-state index contributed by atoms with van der Waals surface area (Å²) in [7, 11) is 3.55. The summed E-state index contributed by atoms with van der Waals surface area (Å²) in [5.41, 5.74) is 5.83. The van der Waals surface area contributed by atoms with Gasteiger partial charge in [-0.1, -0.05) is 23.7 Å². The Bertz CT molecular complexity index is 1530. The van der Waals surface area contributed by atoms with Gasteiger partial charge in [-0.15, -0.1) is 0 Å². The molecular formula is C27H25ClFN7O2. The highest BCUT2D eigenvalue weighted by atomic mass is 35.5. The summed E-state index contributed by atoms with van der Waals surface area (Å²) < 4.78 is 24.8. The first-order chi connectivity index (χ1) is 18.5. The molecule has 2 heterocycles. The van der Waals surface area contributed by atoms with Gasteiger partial charge < -0.3 is 19.7 Å². The van der Waals surface area contributed by atoms with Crippen molar-refractivity contribution in [1.29, 1.82) is 0 Å². The molecule has 1 aromatic heterocycles. The highest BCUT2D eigenvalue weighted by molar-refractivity contribution is 6.32. The van der Waals surface area contributed by atoms with Crippen LogP contribution in [-0.4, -0.2) is 54.3 Å². The van der Waals surface area contributed by atoms with Crippen LogP contribution in [0.3, 0.4) is 0 Å². The minimum atomic E-state index is -0.312. The van der Waals surface area contributed by atoms with Crippen molar-refractivity contribution in [2.24, 2.45) is 10.1 Å². The molecule has 4 aromatic rings. The lowest BCUT2D eigenvalue weighted by molar-refractivity contribution is 0.306. The number of anilines is 2. The first kappa shape index (κ1) is 25.2.